The normalized spacial score (nSPS) is 26.6. The molecule has 0 aromatic heterocycles. The molecule has 0 aliphatic heterocycles. The molecule has 23 heavy (non-hydrogen) atoms. The summed E-state index contributed by atoms with van der Waals surface area (Å²) in [5.74, 6) is 3.08. The Balaban J connectivity index is 1.88. The van der Waals surface area contributed by atoms with Gasteiger partial charge in [0, 0.05) is 6.61 Å². The molecule has 0 bridgehead atoms. The number of hydrogen-bond acceptors (Lipinski definition) is 1. The Kier molecular flexibility index (Phi) is 7.06. The Hall–Kier alpha value is 0.177. The molecule has 3 aliphatic rings. The largest absolute Gasteiger partial charge is 0.428 e. The van der Waals surface area contributed by atoms with E-state index in [9.17, 15) is 0 Å². The molecule has 0 radical (unpaired) electrons. The van der Waals surface area contributed by atoms with E-state index >= 15 is 0 Å². The van der Waals surface area contributed by atoms with Crippen molar-refractivity contribution in [2.45, 2.75) is 103 Å². The van der Waals surface area contributed by atoms with Gasteiger partial charge in [-0.3, -0.25) is 0 Å². The van der Waals surface area contributed by atoms with Crippen LogP contribution < -0.4 is 0 Å². The monoisotopic (exact) mass is 336 g/mol. The maximum atomic E-state index is 5.81. The smallest absolute Gasteiger partial charge is 0.145 e. The molecule has 3 fully saturated rings. The van der Waals surface area contributed by atoms with Crippen molar-refractivity contribution in [3.8, 4) is 0 Å². The van der Waals surface area contributed by atoms with Crippen LogP contribution in [0.5, 0.6) is 0 Å². The van der Waals surface area contributed by atoms with Crippen LogP contribution >= 0.6 is 0 Å². The van der Waals surface area contributed by atoms with Crippen LogP contribution in [0.2, 0.25) is 0 Å². The number of rotatable bonds is 6. The van der Waals surface area contributed by atoms with Gasteiger partial charge in [-0.05, 0) is 68.1 Å². The van der Waals surface area contributed by atoms with Crippen LogP contribution in [-0.4, -0.2) is 17.1 Å². The lowest BCUT2D eigenvalue weighted by Crippen LogP contribution is -2.47. The summed E-state index contributed by atoms with van der Waals surface area (Å²) in [5, 5.41) is 0. The molecule has 0 atom stereocenters. The molecule has 3 saturated carbocycles. The molecule has 3 rings (SSSR count). The van der Waals surface area contributed by atoms with E-state index < -0.39 is 0 Å². The fourth-order valence-electron chi connectivity index (χ4n) is 6.81. The van der Waals surface area contributed by atoms with Gasteiger partial charge in [0.05, 0.1) is 0 Å². The lowest BCUT2D eigenvalue weighted by molar-refractivity contribution is -0.0624. The van der Waals surface area contributed by atoms with Crippen molar-refractivity contribution in [1.82, 2.24) is 0 Å². The fourth-order valence-corrected chi connectivity index (χ4v) is 7.02. The van der Waals surface area contributed by atoms with Gasteiger partial charge >= 0.3 is 0 Å². The Morgan fingerprint density at radius 3 is 1.26 bits per heavy atom. The highest BCUT2D eigenvalue weighted by atomic mass is 28.2. The lowest BCUT2D eigenvalue weighted by Gasteiger charge is -2.55. The Morgan fingerprint density at radius 2 is 0.957 bits per heavy atom. The first-order valence-electron chi connectivity index (χ1n) is 10.9. The minimum absolute atomic E-state index is 0.658. The van der Waals surface area contributed by atoms with E-state index in [-0.39, 0.29) is 0 Å². The minimum Gasteiger partial charge on any atom is -0.428 e. The van der Waals surface area contributed by atoms with Gasteiger partial charge in [-0.15, -0.1) is 0 Å². The quantitative estimate of drug-likeness (QED) is 0.590. The second-order valence-electron chi connectivity index (χ2n) is 8.86. The highest BCUT2D eigenvalue weighted by Gasteiger charge is 2.49. The fraction of sp³-hybridized carbons (Fsp3) is 1.00. The third-order valence-electron chi connectivity index (χ3n) is 7.83. The van der Waals surface area contributed by atoms with E-state index in [1.807, 2.05) is 0 Å². The first-order chi connectivity index (χ1) is 11.4. The van der Waals surface area contributed by atoms with Crippen molar-refractivity contribution in [2.24, 2.45) is 23.2 Å². The molecular formula is C21H40OSi. The average molecular weight is 337 g/mol. The van der Waals surface area contributed by atoms with Gasteiger partial charge in [0.15, 0.2) is 0 Å². The third kappa shape index (κ3) is 4.06. The predicted molar refractivity (Wildman–Crippen MR) is 103 cm³/mol. The van der Waals surface area contributed by atoms with E-state index in [2.05, 4.69) is 0 Å². The molecule has 0 aromatic carbocycles. The van der Waals surface area contributed by atoms with Crippen LogP contribution in [-0.2, 0) is 4.43 Å². The van der Waals surface area contributed by atoms with Gasteiger partial charge in [-0.1, -0.05) is 57.8 Å². The molecule has 0 saturated heterocycles. The zero-order valence-electron chi connectivity index (χ0n) is 15.7. The summed E-state index contributed by atoms with van der Waals surface area (Å²) in [4.78, 5) is 0. The van der Waals surface area contributed by atoms with E-state index in [0.29, 0.717) is 5.41 Å². The molecule has 2 heteroatoms. The molecule has 0 unspecified atom stereocenters. The van der Waals surface area contributed by atoms with E-state index in [4.69, 9.17) is 4.43 Å². The van der Waals surface area contributed by atoms with Gasteiger partial charge in [0.25, 0.3) is 0 Å². The SMILES string of the molecule is [SiH3]OCCC(C1CCCCC1)(C1CCCCC1)C1CCCCC1. The van der Waals surface area contributed by atoms with E-state index in [0.717, 1.165) is 34.8 Å². The van der Waals surface area contributed by atoms with Crippen LogP contribution in [0.3, 0.4) is 0 Å². The van der Waals surface area contributed by atoms with Gasteiger partial charge in [0.1, 0.15) is 10.5 Å². The van der Waals surface area contributed by atoms with Crippen LogP contribution in [0.4, 0.5) is 0 Å². The summed E-state index contributed by atoms with van der Waals surface area (Å²) < 4.78 is 5.81. The lowest BCUT2D eigenvalue weighted by atomic mass is 9.50. The van der Waals surface area contributed by atoms with Gasteiger partial charge in [0.2, 0.25) is 0 Å². The summed E-state index contributed by atoms with van der Waals surface area (Å²) >= 11 is 0. The van der Waals surface area contributed by atoms with Crippen LogP contribution in [0.15, 0.2) is 0 Å². The van der Waals surface area contributed by atoms with Crippen molar-refractivity contribution in [1.29, 1.82) is 0 Å². The summed E-state index contributed by atoms with van der Waals surface area (Å²) in [6.07, 6.45) is 24.2. The Labute approximate surface area is 147 Å². The summed E-state index contributed by atoms with van der Waals surface area (Å²) in [6.45, 7) is 1.07. The van der Waals surface area contributed by atoms with Crippen molar-refractivity contribution >= 4 is 10.5 Å². The first-order valence-corrected chi connectivity index (χ1v) is 11.7. The Morgan fingerprint density at radius 1 is 0.609 bits per heavy atom. The molecule has 134 valence electrons. The first kappa shape index (κ1) is 18.0. The third-order valence-corrected chi connectivity index (χ3v) is 8.24. The second kappa shape index (κ2) is 9.04. The van der Waals surface area contributed by atoms with Crippen molar-refractivity contribution in [3.63, 3.8) is 0 Å². The standard InChI is InChI=1S/C21H40OSi/c23-22-17-16-21(18-10-4-1-5-11-18,19-12-6-2-7-13-19)20-14-8-3-9-15-20/h18-20H,1-17H2,23H3. The number of hydrogen-bond donors (Lipinski definition) is 0. The highest BCUT2D eigenvalue weighted by Crippen LogP contribution is 2.58. The summed E-state index contributed by atoms with van der Waals surface area (Å²) in [7, 11) is 0.924. The van der Waals surface area contributed by atoms with Crippen molar-refractivity contribution in [2.75, 3.05) is 6.61 Å². The summed E-state index contributed by atoms with van der Waals surface area (Å²) in [6, 6.07) is 0. The maximum Gasteiger partial charge on any atom is 0.145 e. The molecule has 0 amide bonds. The zero-order valence-corrected chi connectivity index (χ0v) is 17.7. The van der Waals surface area contributed by atoms with E-state index in [1.54, 1.807) is 0 Å². The minimum atomic E-state index is 0.658. The highest BCUT2D eigenvalue weighted by molar-refractivity contribution is 5.97. The van der Waals surface area contributed by atoms with Crippen LogP contribution in [0.1, 0.15) is 103 Å². The maximum absolute atomic E-state index is 5.81. The molecule has 0 spiro atoms. The zero-order chi connectivity index (χ0) is 16.0. The second-order valence-corrected chi connectivity index (χ2v) is 9.44. The molecule has 0 heterocycles. The van der Waals surface area contributed by atoms with Gasteiger partial charge < -0.3 is 4.43 Å². The predicted octanol–water partition coefficient (Wildman–Crippen LogP) is 5.40. The van der Waals surface area contributed by atoms with Gasteiger partial charge in [-0.25, -0.2) is 0 Å². The van der Waals surface area contributed by atoms with Gasteiger partial charge in [-0.2, -0.15) is 0 Å². The molecule has 0 N–H and O–H groups in total. The topological polar surface area (TPSA) is 9.23 Å². The van der Waals surface area contributed by atoms with E-state index in [1.165, 1.54) is 103 Å². The summed E-state index contributed by atoms with van der Waals surface area (Å²) in [5.41, 5.74) is 0.658. The average Bonchev–Trinajstić information content (AvgIpc) is 2.65. The molecule has 0 aromatic rings. The molecule has 3 aliphatic carbocycles. The Bertz CT molecular complexity index is 279. The van der Waals surface area contributed by atoms with Crippen molar-refractivity contribution < 1.29 is 4.43 Å². The van der Waals surface area contributed by atoms with Crippen molar-refractivity contribution in [3.05, 3.63) is 0 Å². The van der Waals surface area contributed by atoms with Crippen LogP contribution in [0, 0.1) is 23.2 Å². The van der Waals surface area contributed by atoms with Crippen LogP contribution in [0.25, 0.3) is 0 Å². The molecule has 1 nitrogen and oxygen atoms in total. The molecular weight excluding hydrogens is 296 g/mol.